The Morgan fingerprint density at radius 3 is 3.00 bits per heavy atom. The second-order valence-corrected chi connectivity index (χ2v) is 5.42. The lowest BCUT2D eigenvalue weighted by atomic mass is 10.1. The molecule has 1 saturated heterocycles. The quantitative estimate of drug-likeness (QED) is 0.866. The molecule has 0 spiro atoms. The highest BCUT2D eigenvalue weighted by atomic mass is 16.2. The molecule has 1 aliphatic carbocycles. The van der Waals surface area contributed by atoms with Crippen LogP contribution in [0.1, 0.15) is 43.1 Å². The third-order valence-corrected chi connectivity index (χ3v) is 3.81. The molecule has 0 radical (unpaired) electrons. The van der Waals surface area contributed by atoms with Crippen molar-refractivity contribution in [3.05, 3.63) is 17.7 Å². The van der Waals surface area contributed by atoms with Gasteiger partial charge in [0.05, 0.1) is 0 Å². The van der Waals surface area contributed by atoms with Gasteiger partial charge in [0.1, 0.15) is 5.82 Å². The fourth-order valence-corrected chi connectivity index (χ4v) is 2.55. The lowest BCUT2D eigenvalue weighted by Gasteiger charge is -2.15. The van der Waals surface area contributed by atoms with Gasteiger partial charge < -0.3 is 9.88 Å². The van der Waals surface area contributed by atoms with Crippen LogP contribution in [0.2, 0.25) is 0 Å². The van der Waals surface area contributed by atoms with Gasteiger partial charge >= 0.3 is 0 Å². The highest BCUT2D eigenvalue weighted by molar-refractivity contribution is 5.77. The molecule has 2 fully saturated rings. The van der Waals surface area contributed by atoms with Crippen LogP contribution in [0.4, 0.5) is 0 Å². The number of aryl methyl sites for hydroxylation is 1. The zero-order valence-electron chi connectivity index (χ0n) is 10.3. The van der Waals surface area contributed by atoms with E-state index in [0.717, 1.165) is 37.4 Å². The highest BCUT2D eigenvalue weighted by Gasteiger charge is 2.32. The first kappa shape index (κ1) is 10.8. The summed E-state index contributed by atoms with van der Waals surface area (Å²) in [5, 5.41) is 0. The highest BCUT2D eigenvalue weighted by Crippen LogP contribution is 2.34. The zero-order chi connectivity index (χ0) is 11.8. The average Bonchev–Trinajstić information content (AvgIpc) is 2.81. The SMILES string of the molecule is Cc1cnc([C@@H]2CCN(C(=O)CC3CC3)C2)[nH]1. The summed E-state index contributed by atoms with van der Waals surface area (Å²) in [5.41, 5.74) is 1.10. The van der Waals surface area contributed by atoms with Crippen molar-refractivity contribution >= 4 is 5.91 Å². The van der Waals surface area contributed by atoms with E-state index in [0.29, 0.717) is 17.7 Å². The van der Waals surface area contributed by atoms with Crippen molar-refractivity contribution in [2.75, 3.05) is 13.1 Å². The van der Waals surface area contributed by atoms with Crippen molar-refractivity contribution in [3.8, 4) is 0 Å². The zero-order valence-corrected chi connectivity index (χ0v) is 10.3. The molecular weight excluding hydrogens is 214 g/mol. The second kappa shape index (κ2) is 4.17. The van der Waals surface area contributed by atoms with Crippen LogP contribution < -0.4 is 0 Å². The van der Waals surface area contributed by atoms with Crippen LogP contribution in [0.25, 0.3) is 0 Å². The summed E-state index contributed by atoms with van der Waals surface area (Å²) in [6.45, 7) is 3.76. The van der Waals surface area contributed by atoms with E-state index in [1.807, 2.05) is 18.0 Å². The van der Waals surface area contributed by atoms with E-state index < -0.39 is 0 Å². The van der Waals surface area contributed by atoms with Gasteiger partial charge in [-0.25, -0.2) is 4.98 Å². The molecule has 2 heterocycles. The van der Waals surface area contributed by atoms with E-state index in [1.54, 1.807) is 0 Å². The summed E-state index contributed by atoms with van der Waals surface area (Å²) in [5.74, 6) is 2.49. The Labute approximate surface area is 101 Å². The molecular formula is C13H19N3O. The molecule has 1 atom stereocenters. The predicted molar refractivity (Wildman–Crippen MR) is 64.6 cm³/mol. The molecule has 0 bridgehead atoms. The van der Waals surface area contributed by atoms with Crippen molar-refractivity contribution < 1.29 is 4.79 Å². The second-order valence-electron chi connectivity index (χ2n) is 5.42. The summed E-state index contributed by atoms with van der Waals surface area (Å²) < 4.78 is 0. The molecule has 1 aromatic heterocycles. The molecule has 4 heteroatoms. The van der Waals surface area contributed by atoms with Crippen molar-refractivity contribution in [1.82, 2.24) is 14.9 Å². The molecule has 1 saturated carbocycles. The van der Waals surface area contributed by atoms with E-state index in [4.69, 9.17) is 0 Å². The third kappa shape index (κ3) is 2.35. The van der Waals surface area contributed by atoms with Crippen molar-refractivity contribution in [2.45, 2.75) is 38.5 Å². The number of carbonyl (C=O) groups is 1. The lowest BCUT2D eigenvalue weighted by Crippen LogP contribution is -2.28. The normalized spacial score (nSPS) is 24.3. The fourth-order valence-electron chi connectivity index (χ4n) is 2.55. The maximum atomic E-state index is 12.0. The third-order valence-electron chi connectivity index (χ3n) is 3.81. The number of likely N-dealkylation sites (tertiary alicyclic amines) is 1. The number of nitrogens with zero attached hydrogens (tertiary/aromatic N) is 2. The molecule has 1 amide bonds. The Morgan fingerprint density at radius 1 is 1.53 bits per heavy atom. The first-order valence-electron chi connectivity index (χ1n) is 6.51. The fraction of sp³-hybridized carbons (Fsp3) is 0.692. The van der Waals surface area contributed by atoms with Crippen molar-refractivity contribution in [3.63, 3.8) is 0 Å². The first-order chi connectivity index (χ1) is 8.22. The Morgan fingerprint density at radius 2 is 2.35 bits per heavy atom. The number of aromatic amines is 1. The van der Waals surface area contributed by atoms with Gasteiger partial charge in [0.2, 0.25) is 5.91 Å². The number of amides is 1. The van der Waals surface area contributed by atoms with Crippen LogP contribution >= 0.6 is 0 Å². The number of hydrogen-bond acceptors (Lipinski definition) is 2. The Hall–Kier alpha value is -1.32. The number of H-pyrrole nitrogens is 1. The average molecular weight is 233 g/mol. The minimum absolute atomic E-state index is 0.346. The van der Waals surface area contributed by atoms with Gasteiger partial charge in [-0.2, -0.15) is 0 Å². The first-order valence-corrected chi connectivity index (χ1v) is 6.51. The van der Waals surface area contributed by atoms with E-state index in [2.05, 4.69) is 9.97 Å². The van der Waals surface area contributed by atoms with Crippen LogP contribution in [0.15, 0.2) is 6.20 Å². The number of rotatable bonds is 3. The van der Waals surface area contributed by atoms with E-state index in [9.17, 15) is 4.79 Å². The van der Waals surface area contributed by atoms with E-state index in [1.165, 1.54) is 12.8 Å². The Balaban J connectivity index is 1.59. The van der Waals surface area contributed by atoms with Gasteiger partial charge in [0, 0.05) is 37.3 Å². The Bertz CT molecular complexity index is 422. The monoisotopic (exact) mass is 233 g/mol. The predicted octanol–water partition coefficient (Wildman–Crippen LogP) is 1.83. The van der Waals surface area contributed by atoms with E-state index >= 15 is 0 Å². The molecule has 1 aliphatic heterocycles. The van der Waals surface area contributed by atoms with Crippen LogP contribution in [0, 0.1) is 12.8 Å². The van der Waals surface area contributed by atoms with Gasteiger partial charge in [-0.15, -0.1) is 0 Å². The topological polar surface area (TPSA) is 49.0 Å². The minimum Gasteiger partial charge on any atom is -0.346 e. The summed E-state index contributed by atoms with van der Waals surface area (Å²) in [6, 6.07) is 0. The van der Waals surface area contributed by atoms with Gasteiger partial charge in [-0.05, 0) is 32.1 Å². The largest absolute Gasteiger partial charge is 0.346 e. The molecule has 0 unspecified atom stereocenters. The standard InChI is InChI=1S/C13H19N3O/c1-9-7-14-13(15-9)11-4-5-16(8-11)12(17)6-10-2-3-10/h7,10-11H,2-6,8H2,1H3,(H,14,15)/t11-/m1/s1. The smallest absolute Gasteiger partial charge is 0.222 e. The van der Waals surface area contributed by atoms with Gasteiger partial charge in [-0.1, -0.05) is 0 Å². The van der Waals surface area contributed by atoms with Crippen molar-refractivity contribution in [1.29, 1.82) is 0 Å². The summed E-state index contributed by atoms with van der Waals surface area (Å²) in [7, 11) is 0. The van der Waals surface area contributed by atoms with E-state index in [-0.39, 0.29) is 0 Å². The molecule has 17 heavy (non-hydrogen) atoms. The number of hydrogen-bond donors (Lipinski definition) is 1. The van der Waals surface area contributed by atoms with Crippen LogP contribution in [-0.4, -0.2) is 33.9 Å². The number of imidazole rings is 1. The minimum atomic E-state index is 0.346. The number of nitrogens with one attached hydrogen (secondary N) is 1. The molecule has 1 aromatic rings. The molecule has 3 rings (SSSR count). The molecule has 0 aromatic carbocycles. The molecule has 4 nitrogen and oxygen atoms in total. The molecule has 2 aliphatic rings. The van der Waals surface area contributed by atoms with Crippen LogP contribution in [0.5, 0.6) is 0 Å². The van der Waals surface area contributed by atoms with Gasteiger partial charge in [0.15, 0.2) is 0 Å². The lowest BCUT2D eigenvalue weighted by molar-refractivity contribution is -0.130. The number of carbonyl (C=O) groups excluding carboxylic acids is 1. The maximum Gasteiger partial charge on any atom is 0.222 e. The summed E-state index contributed by atoms with van der Waals surface area (Å²) in [4.78, 5) is 21.6. The number of aromatic nitrogens is 2. The molecule has 1 N–H and O–H groups in total. The van der Waals surface area contributed by atoms with Gasteiger partial charge in [0.25, 0.3) is 0 Å². The summed E-state index contributed by atoms with van der Waals surface area (Å²) in [6.07, 6.45) is 6.18. The van der Waals surface area contributed by atoms with Gasteiger partial charge in [-0.3, -0.25) is 4.79 Å². The van der Waals surface area contributed by atoms with Crippen molar-refractivity contribution in [2.24, 2.45) is 5.92 Å². The maximum absolute atomic E-state index is 12.0. The van der Waals surface area contributed by atoms with Crippen LogP contribution in [0.3, 0.4) is 0 Å². The Kier molecular flexibility index (Phi) is 2.65. The molecule has 92 valence electrons. The summed E-state index contributed by atoms with van der Waals surface area (Å²) >= 11 is 0. The van der Waals surface area contributed by atoms with Crippen LogP contribution in [-0.2, 0) is 4.79 Å².